The lowest BCUT2D eigenvalue weighted by Crippen LogP contribution is -2.36. The van der Waals surface area contributed by atoms with E-state index >= 15 is 0 Å². The molecule has 6 nitrogen and oxygen atoms in total. The van der Waals surface area contributed by atoms with E-state index in [-0.39, 0.29) is 5.91 Å². The maximum atomic E-state index is 12.6. The molecule has 0 aliphatic carbocycles. The van der Waals surface area contributed by atoms with E-state index in [1.807, 2.05) is 24.3 Å². The predicted molar refractivity (Wildman–Crippen MR) is 99.1 cm³/mol. The van der Waals surface area contributed by atoms with Gasteiger partial charge >= 0.3 is 0 Å². The highest BCUT2D eigenvalue weighted by Crippen LogP contribution is 2.25. The fourth-order valence-corrected chi connectivity index (χ4v) is 3.63. The van der Waals surface area contributed by atoms with E-state index in [4.69, 9.17) is 11.6 Å². The van der Waals surface area contributed by atoms with Crippen molar-refractivity contribution in [3.05, 3.63) is 51.7 Å². The molecule has 1 aromatic carbocycles. The van der Waals surface area contributed by atoms with Crippen LogP contribution >= 0.6 is 22.9 Å². The number of nitrogens with zero attached hydrogens (tertiary/aromatic N) is 3. The molecule has 0 unspecified atom stereocenters. The zero-order chi connectivity index (χ0) is 17.4. The van der Waals surface area contributed by atoms with Crippen molar-refractivity contribution in [2.75, 3.05) is 18.9 Å². The van der Waals surface area contributed by atoms with E-state index in [0.29, 0.717) is 23.8 Å². The van der Waals surface area contributed by atoms with Crippen molar-refractivity contribution in [3.63, 3.8) is 0 Å². The number of thiazole rings is 1. The number of anilines is 1. The van der Waals surface area contributed by atoms with Crippen LogP contribution < -0.4 is 5.32 Å². The second-order valence-corrected chi connectivity index (χ2v) is 7.08. The van der Waals surface area contributed by atoms with Crippen molar-refractivity contribution in [3.8, 4) is 11.4 Å². The lowest BCUT2D eigenvalue weighted by Gasteiger charge is -2.25. The number of carbonyl (C=O) groups excluding carboxylic acids is 1. The molecular formula is C17H16ClN5OS. The molecule has 128 valence electrons. The number of hydrogen-bond donors (Lipinski definition) is 2. The highest BCUT2D eigenvalue weighted by atomic mass is 35.5. The third-order valence-electron chi connectivity index (χ3n) is 4.17. The van der Waals surface area contributed by atoms with Crippen LogP contribution in [0.15, 0.2) is 29.6 Å². The van der Waals surface area contributed by atoms with Crippen LogP contribution in [0.3, 0.4) is 0 Å². The first-order valence-electron chi connectivity index (χ1n) is 7.90. The molecule has 0 bridgehead atoms. The first kappa shape index (κ1) is 16.1. The highest BCUT2D eigenvalue weighted by molar-refractivity contribution is 7.13. The monoisotopic (exact) mass is 373 g/mol. The number of nitrogens with one attached hydrogen (secondary N) is 2. The molecular weight excluding hydrogens is 358 g/mol. The number of imidazole rings is 1. The zero-order valence-corrected chi connectivity index (χ0v) is 15.1. The lowest BCUT2D eigenvalue weighted by atomic mass is 10.1. The second-order valence-electron chi connectivity index (χ2n) is 5.78. The maximum Gasteiger partial charge on any atom is 0.273 e. The van der Waals surface area contributed by atoms with Crippen molar-refractivity contribution in [1.29, 1.82) is 0 Å². The van der Waals surface area contributed by atoms with Crippen molar-refractivity contribution in [2.45, 2.75) is 13.0 Å². The van der Waals surface area contributed by atoms with Gasteiger partial charge in [0.05, 0.1) is 17.9 Å². The van der Waals surface area contributed by atoms with Crippen LogP contribution in [0, 0.1) is 0 Å². The van der Waals surface area contributed by atoms with Crippen LogP contribution in [0.25, 0.3) is 11.4 Å². The number of benzene rings is 1. The van der Waals surface area contributed by atoms with Crippen molar-refractivity contribution in [1.82, 2.24) is 19.9 Å². The maximum absolute atomic E-state index is 12.6. The largest absolute Gasteiger partial charge is 0.365 e. The molecule has 1 aliphatic heterocycles. The minimum absolute atomic E-state index is 0.0500. The molecule has 0 saturated carbocycles. The van der Waals surface area contributed by atoms with Crippen molar-refractivity contribution >= 4 is 34.0 Å². The van der Waals surface area contributed by atoms with Gasteiger partial charge in [0.25, 0.3) is 5.91 Å². The summed E-state index contributed by atoms with van der Waals surface area (Å²) in [6.07, 6.45) is 0.730. The number of carbonyl (C=O) groups is 1. The number of fused-ring (bicyclic) bond motifs is 1. The quantitative estimate of drug-likeness (QED) is 0.737. The predicted octanol–water partition coefficient (Wildman–Crippen LogP) is 3.43. The number of H-pyrrole nitrogens is 1. The number of aromatic amines is 1. The molecule has 8 heteroatoms. The Hall–Kier alpha value is -2.38. The summed E-state index contributed by atoms with van der Waals surface area (Å²) < 4.78 is 0. The van der Waals surface area contributed by atoms with Crippen LogP contribution in [0.2, 0.25) is 5.02 Å². The highest BCUT2D eigenvalue weighted by Gasteiger charge is 2.26. The molecule has 1 aliphatic rings. The van der Waals surface area contributed by atoms with Crippen molar-refractivity contribution < 1.29 is 4.79 Å². The van der Waals surface area contributed by atoms with Crippen molar-refractivity contribution in [2.24, 2.45) is 0 Å². The minimum Gasteiger partial charge on any atom is -0.365 e. The molecule has 0 radical (unpaired) electrons. The van der Waals surface area contributed by atoms with Gasteiger partial charge < -0.3 is 15.2 Å². The summed E-state index contributed by atoms with van der Waals surface area (Å²) in [5, 5.41) is 6.18. The SMILES string of the molecule is CNc1nc(C(=O)N2CCc3nc(-c4ccc(Cl)cc4)[nH]c3C2)cs1. The summed E-state index contributed by atoms with van der Waals surface area (Å²) in [5.41, 5.74) is 3.46. The Morgan fingerprint density at radius 2 is 2.12 bits per heavy atom. The molecule has 2 N–H and O–H groups in total. The first-order chi connectivity index (χ1) is 12.1. The molecule has 0 atom stereocenters. The summed E-state index contributed by atoms with van der Waals surface area (Å²) in [6.45, 7) is 1.16. The molecule has 3 aromatic rings. The average molecular weight is 374 g/mol. The normalized spacial score (nSPS) is 13.6. The van der Waals surface area contributed by atoms with E-state index in [9.17, 15) is 4.79 Å². The Labute approximate surface area is 153 Å². The van der Waals surface area contributed by atoms with E-state index in [1.54, 1.807) is 17.3 Å². The van der Waals surface area contributed by atoms with Gasteiger partial charge in [0.1, 0.15) is 11.5 Å². The molecule has 1 amide bonds. The Bertz CT molecular complexity index is 918. The molecule has 25 heavy (non-hydrogen) atoms. The van der Waals surface area contributed by atoms with Gasteiger partial charge in [-0.1, -0.05) is 11.6 Å². The third kappa shape index (κ3) is 3.12. The van der Waals surface area contributed by atoms with Gasteiger partial charge in [0.2, 0.25) is 0 Å². The van der Waals surface area contributed by atoms with Crippen LogP contribution in [0.4, 0.5) is 5.13 Å². The van der Waals surface area contributed by atoms with Crippen LogP contribution in [0.1, 0.15) is 21.9 Å². The minimum atomic E-state index is -0.0500. The Balaban J connectivity index is 1.55. The molecule has 3 heterocycles. The molecule has 4 rings (SSSR count). The molecule has 2 aromatic heterocycles. The van der Waals surface area contributed by atoms with Gasteiger partial charge in [-0.25, -0.2) is 9.97 Å². The van der Waals surface area contributed by atoms with Gasteiger partial charge in [0, 0.05) is 36.0 Å². The lowest BCUT2D eigenvalue weighted by molar-refractivity contribution is 0.0727. The summed E-state index contributed by atoms with van der Waals surface area (Å²) in [7, 11) is 1.79. The molecule has 0 fully saturated rings. The van der Waals surface area contributed by atoms with Crippen LogP contribution in [-0.2, 0) is 13.0 Å². The van der Waals surface area contributed by atoms with Gasteiger partial charge in [-0.3, -0.25) is 4.79 Å². The average Bonchev–Trinajstić information content (AvgIpc) is 3.27. The topological polar surface area (TPSA) is 73.9 Å². The second kappa shape index (κ2) is 6.50. The van der Waals surface area contributed by atoms with Crippen LogP contribution in [-0.4, -0.2) is 39.4 Å². The Morgan fingerprint density at radius 1 is 1.32 bits per heavy atom. The summed E-state index contributed by atoms with van der Waals surface area (Å²) in [4.78, 5) is 26.8. The Kier molecular flexibility index (Phi) is 4.19. The fraction of sp³-hybridized carbons (Fsp3) is 0.235. The van der Waals surface area contributed by atoms with Gasteiger partial charge in [0.15, 0.2) is 5.13 Å². The first-order valence-corrected chi connectivity index (χ1v) is 9.16. The van der Waals surface area contributed by atoms with E-state index in [2.05, 4.69) is 20.3 Å². The van der Waals surface area contributed by atoms with Crippen LogP contribution in [0.5, 0.6) is 0 Å². The zero-order valence-electron chi connectivity index (χ0n) is 13.5. The third-order valence-corrected chi connectivity index (χ3v) is 5.29. The van der Waals surface area contributed by atoms with E-state index in [0.717, 1.165) is 34.3 Å². The number of hydrogen-bond acceptors (Lipinski definition) is 5. The number of halogens is 1. The number of rotatable bonds is 3. The standard InChI is InChI=1S/C17H16ClN5OS/c1-19-17-22-14(9-25-17)16(24)23-7-6-12-13(8-23)21-15(20-12)10-2-4-11(18)5-3-10/h2-5,9H,6-8H2,1H3,(H,19,22)(H,20,21). The molecule has 0 saturated heterocycles. The molecule has 0 spiro atoms. The summed E-state index contributed by atoms with van der Waals surface area (Å²) in [6, 6.07) is 7.56. The smallest absolute Gasteiger partial charge is 0.273 e. The van der Waals surface area contributed by atoms with E-state index in [1.165, 1.54) is 11.3 Å². The van der Waals surface area contributed by atoms with Gasteiger partial charge in [-0.15, -0.1) is 11.3 Å². The summed E-state index contributed by atoms with van der Waals surface area (Å²) >= 11 is 7.37. The fourth-order valence-electron chi connectivity index (χ4n) is 2.86. The van der Waals surface area contributed by atoms with Gasteiger partial charge in [-0.2, -0.15) is 0 Å². The van der Waals surface area contributed by atoms with Gasteiger partial charge in [-0.05, 0) is 24.3 Å². The van der Waals surface area contributed by atoms with E-state index < -0.39 is 0 Å². The summed E-state index contributed by atoms with van der Waals surface area (Å²) in [5.74, 6) is 0.758. The Morgan fingerprint density at radius 3 is 2.84 bits per heavy atom. The number of amides is 1. The number of aromatic nitrogens is 3.